The molecule has 1 aliphatic rings. The van der Waals surface area contributed by atoms with E-state index < -0.39 is 5.97 Å². The molecule has 2 N–H and O–H groups in total. The number of anilines is 1. The van der Waals surface area contributed by atoms with E-state index in [0.29, 0.717) is 19.6 Å². The fraction of sp³-hybridized carbons (Fsp3) is 0.389. The van der Waals surface area contributed by atoms with Gasteiger partial charge in [0, 0.05) is 43.8 Å². The average Bonchev–Trinajstić information content (AvgIpc) is 3.16. The molecule has 1 saturated heterocycles. The lowest BCUT2D eigenvalue weighted by Gasteiger charge is -2.34. The highest BCUT2D eigenvalue weighted by atomic mass is 32.1. The summed E-state index contributed by atoms with van der Waals surface area (Å²) in [6.45, 7) is 5.37. The highest BCUT2D eigenvalue weighted by molar-refractivity contribution is 7.15. The van der Waals surface area contributed by atoms with Crippen LogP contribution in [-0.4, -0.2) is 53.2 Å². The van der Waals surface area contributed by atoms with E-state index in [1.54, 1.807) is 40.5 Å². The summed E-state index contributed by atoms with van der Waals surface area (Å²) in [4.78, 5) is 32.9. The Bertz CT molecular complexity index is 767. The van der Waals surface area contributed by atoms with Crippen LogP contribution < -0.4 is 10.2 Å². The van der Waals surface area contributed by atoms with Gasteiger partial charge in [0.2, 0.25) is 0 Å². The Labute approximate surface area is 156 Å². The van der Waals surface area contributed by atoms with Crippen LogP contribution in [0.2, 0.25) is 0 Å². The van der Waals surface area contributed by atoms with Crippen molar-refractivity contribution in [1.82, 2.24) is 15.2 Å². The minimum Gasteiger partial charge on any atom is -0.478 e. The molecule has 1 aliphatic heterocycles. The van der Waals surface area contributed by atoms with Crippen molar-refractivity contribution in [3.63, 3.8) is 0 Å². The minimum atomic E-state index is -0.954. The number of carbonyl (C=O) groups is 2. The molecule has 0 aliphatic carbocycles. The van der Waals surface area contributed by atoms with Gasteiger partial charge in [0.25, 0.3) is 0 Å². The van der Waals surface area contributed by atoms with Crippen LogP contribution in [0.1, 0.15) is 27.7 Å². The third-order valence-corrected chi connectivity index (χ3v) is 5.57. The van der Waals surface area contributed by atoms with Crippen molar-refractivity contribution in [2.75, 3.05) is 31.1 Å². The molecule has 0 saturated carbocycles. The maximum Gasteiger partial charge on any atom is 0.335 e. The van der Waals surface area contributed by atoms with E-state index in [4.69, 9.17) is 5.11 Å². The Morgan fingerprint density at radius 1 is 1.19 bits per heavy atom. The summed E-state index contributed by atoms with van der Waals surface area (Å²) >= 11 is 1.71. The second-order valence-electron chi connectivity index (χ2n) is 6.10. The minimum absolute atomic E-state index is 0.0969. The number of hydrogen-bond donors (Lipinski definition) is 2. The first-order valence-corrected chi connectivity index (χ1v) is 9.43. The van der Waals surface area contributed by atoms with Gasteiger partial charge in [-0.1, -0.05) is 19.1 Å². The number of nitrogens with zero attached hydrogens (tertiary/aromatic N) is 3. The van der Waals surface area contributed by atoms with Crippen LogP contribution in [0.25, 0.3) is 0 Å². The van der Waals surface area contributed by atoms with E-state index >= 15 is 0 Å². The summed E-state index contributed by atoms with van der Waals surface area (Å²) in [5.74, 6) is -0.954. The third kappa shape index (κ3) is 4.32. The summed E-state index contributed by atoms with van der Waals surface area (Å²) in [5.41, 5.74) is 1.11. The molecule has 0 atom stereocenters. The Kier molecular flexibility index (Phi) is 5.72. The number of urea groups is 1. The number of hydrogen-bond acceptors (Lipinski definition) is 5. The summed E-state index contributed by atoms with van der Waals surface area (Å²) in [6.07, 6.45) is 2.92. The standard InChI is InChI=1S/C18H22N4O3S/c1-2-15-12-20-18(26-15)22-9-7-21(8-10-22)17(25)19-11-13-3-5-14(6-4-13)16(23)24/h3-6,12H,2,7-11H2,1H3,(H,19,25)(H,23,24). The first-order valence-electron chi connectivity index (χ1n) is 8.61. The predicted octanol–water partition coefficient (Wildman–Crippen LogP) is 2.44. The van der Waals surface area contributed by atoms with Gasteiger partial charge >= 0.3 is 12.0 Å². The van der Waals surface area contributed by atoms with Crippen molar-refractivity contribution in [2.45, 2.75) is 19.9 Å². The maximum absolute atomic E-state index is 12.3. The summed E-state index contributed by atoms with van der Waals surface area (Å²) in [5, 5.41) is 12.8. The second kappa shape index (κ2) is 8.18. The largest absolute Gasteiger partial charge is 0.478 e. The van der Waals surface area contributed by atoms with E-state index in [0.717, 1.165) is 30.2 Å². The first kappa shape index (κ1) is 18.2. The number of thiazole rings is 1. The van der Waals surface area contributed by atoms with Gasteiger partial charge in [-0.15, -0.1) is 11.3 Å². The summed E-state index contributed by atoms with van der Waals surface area (Å²) < 4.78 is 0. The number of benzene rings is 1. The average molecular weight is 374 g/mol. The topological polar surface area (TPSA) is 85.8 Å². The molecule has 7 nitrogen and oxygen atoms in total. The highest BCUT2D eigenvalue weighted by Crippen LogP contribution is 2.23. The number of carboxylic acid groups (broad SMARTS) is 1. The second-order valence-corrected chi connectivity index (χ2v) is 7.19. The fourth-order valence-electron chi connectivity index (χ4n) is 2.76. The number of aromatic carboxylic acids is 1. The quantitative estimate of drug-likeness (QED) is 0.840. The van der Waals surface area contributed by atoms with Crippen molar-refractivity contribution in [3.05, 3.63) is 46.5 Å². The zero-order chi connectivity index (χ0) is 18.5. The van der Waals surface area contributed by atoms with Crippen molar-refractivity contribution >= 4 is 28.5 Å². The molecule has 2 heterocycles. The number of piperazine rings is 1. The third-order valence-electron chi connectivity index (χ3n) is 4.37. The van der Waals surface area contributed by atoms with Gasteiger partial charge in [-0.25, -0.2) is 14.6 Å². The Balaban J connectivity index is 1.46. The first-order chi connectivity index (χ1) is 12.6. The van der Waals surface area contributed by atoms with Gasteiger partial charge < -0.3 is 20.2 Å². The predicted molar refractivity (Wildman–Crippen MR) is 101 cm³/mol. The van der Waals surface area contributed by atoms with E-state index in [9.17, 15) is 9.59 Å². The lowest BCUT2D eigenvalue weighted by molar-refractivity contribution is 0.0697. The van der Waals surface area contributed by atoms with Crippen LogP contribution >= 0.6 is 11.3 Å². The molecule has 0 spiro atoms. The van der Waals surface area contributed by atoms with E-state index in [2.05, 4.69) is 22.1 Å². The molecule has 3 rings (SSSR count). The van der Waals surface area contributed by atoms with Crippen LogP contribution in [-0.2, 0) is 13.0 Å². The maximum atomic E-state index is 12.3. The molecule has 1 fully saturated rings. The molecule has 2 aromatic rings. The van der Waals surface area contributed by atoms with Crippen LogP contribution in [0, 0.1) is 0 Å². The molecule has 0 bridgehead atoms. The van der Waals surface area contributed by atoms with E-state index in [-0.39, 0.29) is 11.6 Å². The van der Waals surface area contributed by atoms with Crippen molar-refractivity contribution < 1.29 is 14.7 Å². The van der Waals surface area contributed by atoms with Crippen molar-refractivity contribution in [3.8, 4) is 0 Å². The Morgan fingerprint density at radius 3 is 2.46 bits per heavy atom. The molecule has 1 aromatic heterocycles. The molecular formula is C18H22N4O3S. The fourth-order valence-corrected chi connectivity index (χ4v) is 3.66. The van der Waals surface area contributed by atoms with Gasteiger partial charge in [-0.3, -0.25) is 0 Å². The van der Waals surface area contributed by atoms with Gasteiger partial charge in [-0.05, 0) is 24.1 Å². The van der Waals surface area contributed by atoms with Crippen LogP contribution in [0.3, 0.4) is 0 Å². The number of nitrogens with one attached hydrogen (secondary N) is 1. The van der Waals surface area contributed by atoms with E-state index in [1.165, 1.54) is 4.88 Å². The van der Waals surface area contributed by atoms with Crippen molar-refractivity contribution in [1.29, 1.82) is 0 Å². The van der Waals surface area contributed by atoms with Gasteiger partial charge in [0.1, 0.15) is 0 Å². The number of aromatic nitrogens is 1. The highest BCUT2D eigenvalue weighted by Gasteiger charge is 2.22. The van der Waals surface area contributed by atoms with Crippen molar-refractivity contribution in [2.24, 2.45) is 0 Å². The summed E-state index contributed by atoms with van der Waals surface area (Å²) in [6, 6.07) is 6.42. The zero-order valence-electron chi connectivity index (χ0n) is 14.6. The molecule has 2 amide bonds. The van der Waals surface area contributed by atoms with Crippen LogP contribution in [0.4, 0.5) is 9.93 Å². The molecule has 0 unspecified atom stereocenters. The molecule has 26 heavy (non-hydrogen) atoms. The normalized spacial score (nSPS) is 14.3. The van der Waals surface area contributed by atoms with E-state index in [1.807, 2.05) is 6.20 Å². The molecule has 0 radical (unpaired) electrons. The zero-order valence-corrected chi connectivity index (χ0v) is 15.5. The molecular weight excluding hydrogens is 352 g/mol. The lowest BCUT2D eigenvalue weighted by atomic mass is 10.1. The molecule has 1 aromatic carbocycles. The smallest absolute Gasteiger partial charge is 0.335 e. The molecule has 138 valence electrons. The number of aryl methyl sites for hydroxylation is 1. The Morgan fingerprint density at radius 2 is 1.88 bits per heavy atom. The van der Waals surface area contributed by atoms with Gasteiger partial charge in [0.05, 0.1) is 5.56 Å². The lowest BCUT2D eigenvalue weighted by Crippen LogP contribution is -2.51. The Hall–Kier alpha value is -2.61. The number of amides is 2. The number of carboxylic acids is 1. The van der Waals surface area contributed by atoms with Crippen LogP contribution in [0.5, 0.6) is 0 Å². The van der Waals surface area contributed by atoms with Gasteiger partial charge in [0.15, 0.2) is 5.13 Å². The van der Waals surface area contributed by atoms with Crippen LogP contribution in [0.15, 0.2) is 30.5 Å². The monoisotopic (exact) mass is 374 g/mol. The SMILES string of the molecule is CCc1cnc(N2CCN(C(=O)NCc3ccc(C(=O)O)cc3)CC2)s1. The van der Waals surface area contributed by atoms with Gasteiger partial charge in [-0.2, -0.15) is 0 Å². The molecule has 8 heteroatoms. The number of carbonyl (C=O) groups excluding carboxylic acids is 1. The summed E-state index contributed by atoms with van der Waals surface area (Å²) in [7, 11) is 0. The number of rotatable bonds is 5.